The van der Waals surface area contributed by atoms with Gasteiger partial charge >= 0.3 is 0 Å². The van der Waals surface area contributed by atoms with E-state index in [1.807, 2.05) is 36.4 Å². The van der Waals surface area contributed by atoms with Gasteiger partial charge in [0.15, 0.2) is 0 Å². The number of non-ortho nitro benzene ring substituents is 1. The molecule has 0 radical (unpaired) electrons. The van der Waals surface area contributed by atoms with Crippen LogP contribution < -0.4 is 10.6 Å². The number of rotatable bonds is 3. The van der Waals surface area contributed by atoms with Crippen LogP contribution in [-0.2, 0) is 0 Å². The first kappa shape index (κ1) is 16.8. The van der Waals surface area contributed by atoms with Crippen molar-refractivity contribution in [3.05, 3.63) is 93.5 Å². The first-order chi connectivity index (χ1) is 13.0. The Morgan fingerprint density at radius 2 is 1.67 bits per heavy atom. The van der Waals surface area contributed by atoms with E-state index < -0.39 is 11.1 Å². The number of hydrogen-bond acceptors (Lipinski definition) is 4. The molecule has 3 aromatic carbocycles. The molecule has 134 valence electrons. The first-order valence-electron chi connectivity index (χ1n) is 8.55. The molecular formula is C21H17N3O3. The average Bonchev–Trinajstić information content (AvgIpc) is 2.68. The van der Waals surface area contributed by atoms with Crippen LogP contribution in [-0.4, -0.2) is 10.8 Å². The number of nitro groups is 1. The summed E-state index contributed by atoms with van der Waals surface area (Å²) in [5.74, 6) is -0.333. The molecular weight excluding hydrogens is 342 g/mol. The number of benzene rings is 3. The van der Waals surface area contributed by atoms with Crippen molar-refractivity contribution in [3.8, 4) is 11.1 Å². The standard InChI is InChI=1S/C21H17N3O3/c1-13-4-2-3-5-17(13)14-6-8-15(9-7-14)20-22-19-11-10-16(24(26)27)12-18(19)21(25)23-20/h2-12,20,22H,1H3,(H,23,25)/t20-/m0/s1. The van der Waals surface area contributed by atoms with Crippen molar-refractivity contribution in [2.45, 2.75) is 13.1 Å². The van der Waals surface area contributed by atoms with E-state index in [1.54, 1.807) is 6.07 Å². The summed E-state index contributed by atoms with van der Waals surface area (Å²) in [7, 11) is 0. The minimum absolute atomic E-state index is 0.105. The lowest BCUT2D eigenvalue weighted by Gasteiger charge is -2.28. The second-order valence-electron chi connectivity index (χ2n) is 6.47. The molecule has 0 fully saturated rings. The second-order valence-corrected chi connectivity index (χ2v) is 6.47. The van der Waals surface area contributed by atoms with E-state index in [2.05, 4.69) is 29.7 Å². The zero-order valence-corrected chi connectivity index (χ0v) is 14.6. The molecule has 1 aliphatic heterocycles. The van der Waals surface area contributed by atoms with Crippen LogP contribution in [0.3, 0.4) is 0 Å². The molecule has 0 aromatic heterocycles. The highest BCUT2D eigenvalue weighted by molar-refractivity contribution is 6.02. The fourth-order valence-corrected chi connectivity index (χ4v) is 3.28. The van der Waals surface area contributed by atoms with Crippen molar-refractivity contribution in [2.24, 2.45) is 0 Å². The molecule has 27 heavy (non-hydrogen) atoms. The maximum absolute atomic E-state index is 12.4. The van der Waals surface area contributed by atoms with Crippen molar-refractivity contribution in [2.75, 3.05) is 5.32 Å². The summed E-state index contributed by atoms with van der Waals surface area (Å²) < 4.78 is 0. The Morgan fingerprint density at radius 3 is 2.37 bits per heavy atom. The smallest absolute Gasteiger partial charge is 0.270 e. The fourth-order valence-electron chi connectivity index (χ4n) is 3.28. The number of nitro benzene ring substituents is 1. The molecule has 0 unspecified atom stereocenters. The number of carbonyl (C=O) groups is 1. The topological polar surface area (TPSA) is 84.3 Å². The Labute approximate surface area is 156 Å². The Hall–Kier alpha value is -3.67. The van der Waals surface area contributed by atoms with Gasteiger partial charge < -0.3 is 10.6 Å². The SMILES string of the molecule is Cc1ccccc1-c1ccc([C@@H]2NC(=O)c3cc([N+](=O)[O-])ccc3N2)cc1. The average molecular weight is 359 g/mol. The van der Waals surface area contributed by atoms with E-state index in [-0.39, 0.29) is 17.2 Å². The molecule has 1 amide bonds. The Kier molecular flexibility index (Phi) is 4.08. The fraction of sp³-hybridized carbons (Fsp3) is 0.0952. The van der Waals surface area contributed by atoms with Gasteiger partial charge in [-0.3, -0.25) is 14.9 Å². The van der Waals surface area contributed by atoms with Crippen molar-refractivity contribution in [1.82, 2.24) is 5.32 Å². The van der Waals surface area contributed by atoms with Crippen molar-refractivity contribution >= 4 is 17.3 Å². The molecule has 0 saturated heterocycles. The van der Waals surface area contributed by atoms with Gasteiger partial charge in [0.2, 0.25) is 0 Å². The first-order valence-corrected chi connectivity index (χ1v) is 8.55. The Morgan fingerprint density at radius 1 is 0.926 bits per heavy atom. The molecule has 0 aliphatic carbocycles. The maximum Gasteiger partial charge on any atom is 0.270 e. The summed E-state index contributed by atoms with van der Waals surface area (Å²) in [4.78, 5) is 22.8. The maximum atomic E-state index is 12.4. The second kappa shape index (κ2) is 6.57. The minimum Gasteiger partial charge on any atom is -0.361 e. The molecule has 6 nitrogen and oxygen atoms in total. The predicted octanol–water partition coefficient (Wildman–Crippen LogP) is 4.42. The predicted molar refractivity (Wildman–Crippen MR) is 104 cm³/mol. The number of aryl methyl sites for hydroxylation is 1. The van der Waals surface area contributed by atoms with E-state index in [0.717, 1.165) is 11.1 Å². The molecule has 1 heterocycles. The molecule has 0 bridgehead atoms. The molecule has 1 aliphatic rings. The number of anilines is 1. The summed E-state index contributed by atoms with van der Waals surface area (Å²) in [6.07, 6.45) is -0.391. The van der Waals surface area contributed by atoms with Crippen LogP contribution in [0.2, 0.25) is 0 Å². The highest BCUT2D eigenvalue weighted by Gasteiger charge is 2.26. The lowest BCUT2D eigenvalue weighted by molar-refractivity contribution is -0.384. The van der Waals surface area contributed by atoms with Gasteiger partial charge in [0.25, 0.3) is 11.6 Å². The van der Waals surface area contributed by atoms with Crippen LogP contribution in [0, 0.1) is 17.0 Å². The highest BCUT2D eigenvalue weighted by atomic mass is 16.6. The molecule has 2 N–H and O–H groups in total. The summed E-state index contributed by atoms with van der Waals surface area (Å²) >= 11 is 0. The van der Waals surface area contributed by atoms with E-state index in [1.165, 1.54) is 23.3 Å². The van der Waals surface area contributed by atoms with Crippen molar-refractivity contribution in [3.63, 3.8) is 0 Å². The van der Waals surface area contributed by atoms with Crippen LogP contribution in [0.4, 0.5) is 11.4 Å². The molecule has 3 aromatic rings. The van der Waals surface area contributed by atoms with E-state index in [9.17, 15) is 14.9 Å². The number of carbonyl (C=O) groups excluding carboxylic acids is 1. The van der Waals surface area contributed by atoms with Gasteiger partial charge in [-0.15, -0.1) is 0 Å². The largest absolute Gasteiger partial charge is 0.361 e. The van der Waals surface area contributed by atoms with Crippen LogP contribution in [0.1, 0.15) is 27.7 Å². The normalized spacial score (nSPS) is 15.4. The number of nitrogens with one attached hydrogen (secondary N) is 2. The third kappa shape index (κ3) is 3.13. The zero-order valence-electron chi connectivity index (χ0n) is 14.6. The zero-order chi connectivity index (χ0) is 19.0. The molecule has 6 heteroatoms. The van der Waals surface area contributed by atoms with Gasteiger partial charge in [-0.05, 0) is 35.2 Å². The lowest BCUT2D eigenvalue weighted by Crippen LogP contribution is -2.38. The Bertz CT molecular complexity index is 1040. The van der Waals surface area contributed by atoms with Crippen LogP contribution >= 0.6 is 0 Å². The highest BCUT2D eigenvalue weighted by Crippen LogP contribution is 2.31. The van der Waals surface area contributed by atoms with E-state index in [0.29, 0.717) is 5.69 Å². The van der Waals surface area contributed by atoms with Gasteiger partial charge in [0.05, 0.1) is 10.5 Å². The quantitative estimate of drug-likeness (QED) is 0.535. The monoisotopic (exact) mass is 359 g/mol. The summed E-state index contributed by atoms with van der Waals surface area (Å²) in [5.41, 5.74) is 5.13. The molecule has 0 spiro atoms. The van der Waals surface area contributed by atoms with E-state index in [4.69, 9.17) is 0 Å². The molecule has 4 rings (SSSR count). The van der Waals surface area contributed by atoms with Gasteiger partial charge in [-0.1, -0.05) is 48.5 Å². The number of hydrogen-bond donors (Lipinski definition) is 2. The van der Waals surface area contributed by atoms with Gasteiger partial charge in [0.1, 0.15) is 6.17 Å². The molecule has 0 saturated carbocycles. The molecule has 1 atom stereocenters. The van der Waals surface area contributed by atoms with Gasteiger partial charge in [0, 0.05) is 17.8 Å². The van der Waals surface area contributed by atoms with Gasteiger partial charge in [-0.2, -0.15) is 0 Å². The summed E-state index contributed by atoms with van der Waals surface area (Å²) in [5, 5.41) is 17.0. The van der Waals surface area contributed by atoms with Crippen molar-refractivity contribution < 1.29 is 9.72 Å². The van der Waals surface area contributed by atoms with Crippen molar-refractivity contribution in [1.29, 1.82) is 0 Å². The van der Waals surface area contributed by atoms with Crippen LogP contribution in [0.5, 0.6) is 0 Å². The number of fused-ring (bicyclic) bond motifs is 1. The minimum atomic E-state index is -0.510. The van der Waals surface area contributed by atoms with Crippen LogP contribution in [0.15, 0.2) is 66.7 Å². The van der Waals surface area contributed by atoms with Gasteiger partial charge in [-0.25, -0.2) is 0 Å². The summed E-state index contributed by atoms with van der Waals surface area (Å²) in [6, 6.07) is 20.4. The third-order valence-electron chi connectivity index (χ3n) is 4.73. The third-order valence-corrected chi connectivity index (χ3v) is 4.73. The van der Waals surface area contributed by atoms with Crippen LogP contribution in [0.25, 0.3) is 11.1 Å². The Balaban J connectivity index is 1.61. The summed E-state index contributed by atoms with van der Waals surface area (Å²) in [6.45, 7) is 2.07. The number of nitrogens with zero attached hydrogens (tertiary/aromatic N) is 1. The number of amides is 1. The van der Waals surface area contributed by atoms with E-state index >= 15 is 0 Å². The lowest BCUT2D eigenvalue weighted by atomic mass is 9.98.